The highest BCUT2D eigenvalue weighted by Crippen LogP contribution is 2.35. The van der Waals surface area contributed by atoms with Gasteiger partial charge in [0.1, 0.15) is 82.2 Å². The molecule has 14 heteroatoms. The summed E-state index contributed by atoms with van der Waals surface area (Å²) in [6, 6.07) is 47.3. The van der Waals surface area contributed by atoms with Crippen LogP contribution in [0, 0.1) is 23.7 Å². The Morgan fingerprint density at radius 1 is 0.273 bits per heavy atom. The Balaban J connectivity index is 0.000000184. The molecule has 0 aromatic heterocycles. The van der Waals surface area contributed by atoms with Crippen molar-refractivity contribution in [2.24, 2.45) is 23.7 Å². The van der Waals surface area contributed by atoms with E-state index >= 15 is 0 Å². The van der Waals surface area contributed by atoms with Crippen molar-refractivity contribution in [2.45, 2.75) is 297 Å². The normalized spacial score (nSPS) is 17.4. The first-order valence-corrected chi connectivity index (χ1v) is 43.4. The standard InChI is InChI=1S/C17H26O3.2C17H26O2.C16H24O3.C16H24O2.C13H18O2/c1-2-12-19-15-8-7-9-16(13-15)20-14-17(18)10-5-3-4-6-11-17;1-3-14(2)19-17-11-7-10-16(12-17)18-13-15-8-5-4-6-9-15;1-2-12-18-16-10-7-11-17(13-16)19-14-15-8-5-3-4-6-9-15;1-2-11-18-14-7-6-8-15(12-14)19-13-16(17)9-4-3-5-10-16;1-3-13(2)18-16-10-6-9-15(11-16)17-12-14-7-4-5-8-14;1-2-8-14-12-4-3-5-13(9-12)15-10-11-6-7-11/h7-9,13,18H,2-6,10-12,14H2,1H3;7,10-12,14-15H,3-6,8-9,13H2,1-2H3;7,10-11,13,15H,2-6,8-9,12,14H2,1H3;6-8,12,17H,2-5,9-11,13H2,1H3;6,9-11,13-14H,3-5,7-8,12H2,1-2H3;3-5,9,11H,2,6-8,10H2,1H3/t;14-;;;13-;/m.1..1./s1. The summed E-state index contributed by atoms with van der Waals surface area (Å²) in [6.45, 7) is 24.0. The van der Waals surface area contributed by atoms with Gasteiger partial charge >= 0.3 is 0 Å². The SMILES string of the molecule is CCCOc1cccc(OCC2(O)CCCCC2)c1.CCCOc1cccc(OCC2(O)CCCCCC2)c1.CCCOc1cccc(OCC2CC2)c1.CCCOc1cccc(OCC2CCCCCC2)c1.CC[C@@H](C)Oc1cccc(OCC2CCCC2)c1.CC[C@@H](C)Oc1cccc(OCC2CCCCC2)c1. The van der Waals surface area contributed by atoms with Crippen LogP contribution in [0.5, 0.6) is 69.0 Å². The van der Waals surface area contributed by atoms with E-state index in [0.717, 1.165) is 222 Å². The lowest BCUT2D eigenvalue weighted by atomic mass is 9.85. The molecule has 0 aliphatic heterocycles. The van der Waals surface area contributed by atoms with E-state index in [1.54, 1.807) is 0 Å². The Hall–Kier alpha value is -7.16. The molecule has 0 bridgehead atoms. The molecular formula is C96H144O14. The molecule has 2 atom stereocenters. The van der Waals surface area contributed by atoms with Crippen molar-refractivity contribution in [2.75, 3.05) is 66.1 Å². The molecule has 0 unspecified atom stereocenters. The number of benzene rings is 6. The van der Waals surface area contributed by atoms with E-state index in [4.69, 9.17) is 56.8 Å². The largest absolute Gasteiger partial charge is 0.493 e. The molecule has 110 heavy (non-hydrogen) atoms. The summed E-state index contributed by atoms with van der Waals surface area (Å²) in [5.41, 5.74) is -1.30. The Bertz CT molecular complexity index is 3280. The highest BCUT2D eigenvalue weighted by molar-refractivity contribution is 5.37. The van der Waals surface area contributed by atoms with Gasteiger partial charge in [-0.3, -0.25) is 0 Å². The van der Waals surface area contributed by atoms with E-state index in [9.17, 15) is 10.2 Å². The van der Waals surface area contributed by atoms with Crippen molar-refractivity contribution in [3.05, 3.63) is 146 Å². The van der Waals surface area contributed by atoms with Crippen LogP contribution in [0.1, 0.15) is 274 Å². The van der Waals surface area contributed by atoms with Crippen molar-refractivity contribution in [3.63, 3.8) is 0 Å². The molecule has 0 spiro atoms. The van der Waals surface area contributed by atoms with Crippen LogP contribution in [0.2, 0.25) is 0 Å². The molecule has 2 N–H and O–H groups in total. The molecule has 6 aromatic carbocycles. The topological polar surface area (TPSA) is 151 Å². The van der Waals surface area contributed by atoms with Gasteiger partial charge in [0.25, 0.3) is 0 Å². The molecule has 12 rings (SSSR count). The van der Waals surface area contributed by atoms with Crippen molar-refractivity contribution in [1.29, 1.82) is 0 Å². The van der Waals surface area contributed by atoms with Crippen molar-refractivity contribution in [1.82, 2.24) is 0 Å². The van der Waals surface area contributed by atoms with Crippen LogP contribution in [0.25, 0.3) is 0 Å². The molecule has 0 radical (unpaired) electrons. The summed E-state index contributed by atoms with van der Waals surface area (Å²) in [5.74, 6) is 13.6. The number of aliphatic hydroxyl groups is 2. The minimum absolute atomic E-state index is 0.258. The summed E-state index contributed by atoms with van der Waals surface area (Å²) in [7, 11) is 0. The highest BCUT2D eigenvalue weighted by Gasteiger charge is 2.31. The third-order valence-electron chi connectivity index (χ3n) is 21.2. The summed E-state index contributed by atoms with van der Waals surface area (Å²) in [6.07, 6.45) is 41.0. The molecule has 612 valence electrons. The Morgan fingerprint density at radius 2 is 0.482 bits per heavy atom. The summed E-state index contributed by atoms with van der Waals surface area (Å²) >= 11 is 0. The maximum Gasteiger partial charge on any atom is 0.123 e. The molecule has 0 saturated heterocycles. The Morgan fingerprint density at radius 3 is 0.745 bits per heavy atom. The number of ether oxygens (including phenoxy) is 12. The lowest BCUT2D eigenvalue weighted by Gasteiger charge is -2.31. The number of hydrogen-bond acceptors (Lipinski definition) is 14. The second-order valence-electron chi connectivity index (χ2n) is 31.6. The fourth-order valence-corrected chi connectivity index (χ4v) is 13.9. The van der Waals surface area contributed by atoms with Crippen LogP contribution >= 0.6 is 0 Å². The molecule has 0 amide bonds. The molecule has 14 nitrogen and oxygen atoms in total. The van der Waals surface area contributed by atoms with Crippen LogP contribution in [0.15, 0.2) is 146 Å². The second-order valence-corrected chi connectivity index (χ2v) is 31.6. The monoisotopic (exact) mass is 1520 g/mol. The molecule has 6 aliphatic carbocycles. The van der Waals surface area contributed by atoms with Gasteiger partial charge in [-0.05, 0) is 226 Å². The van der Waals surface area contributed by atoms with Gasteiger partial charge in [0.15, 0.2) is 0 Å². The van der Waals surface area contributed by atoms with Gasteiger partial charge in [0, 0.05) is 36.4 Å². The first kappa shape index (κ1) is 90.0. The van der Waals surface area contributed by atoms with Crippen LogP contribution in [0.3, 0.4) is 0 Å². The van der Waals surface area contributed by atoms with Gasteiger partial charge in [0.2, 0.25) is 0 Å². The lowest BCUT2D eigenvalue weighted by Crippen LogP contribution is -2.37. The smallest absolute Gasteiger partial charge is 0.123 e. The zero-order chi connectivity index (χ0) is 78.0. The van der Waals surface area contributed by atoms with E-state index in [1.807, 2.05) is 146 Å². The van der Waals surface area contributed by atoms with Gasteiger partial charge in [-0.1, -0.05) is 181 Å². The maximum absolute atomic E-state index is 10.6. The van der Waals surface area contributed by atoms with E-state index in [2.05, 4.69) is 55.4 Å². The van der Waals surface area contributed by atoms with E-state index in [1.165, 1.54) is 128 Å². The fraction of sp³-hybridized carbons (Fsp3) is 0.625. The van der Waals surface area contributed by atoms with E-state index in [0.29, 0.717) is 26.4 Å². The first-order valence-electron chi connectivity index (χ1n) is 43.4. The second kappa shape index (κ2) is 53.7. The average molecular weight is 1520 g/mol. The third kappa shape index (κ3) is 38.9. The molecule has 6 fully saturated rings. The zero-order valence-corrected chi connectivity index (χ0v) is 69.2. The summed E-state index contributed by atoms with van der Waals surface area (Å²) < 4.78 is 68.9. The first-order chi connectivity index (χ1) is 53.7. The average Bonchev–Trinajstić information content (AvgIpc) is 1.42. The number of hydrogen-bond donors (Lipinski definition) is 2. The van der Waals surface area contributed by atoms with Gasteiger partial charge in [-0.25, -0.2) is 0 Å². The van der Waals surface area contributed by atoms with Crippen molar-refractivity contribution >= 4 is 0 Å². The summed E-state index contributed by atoms with van der Waals surface area (Å²) in [4.78, 5) is 0. The number of rotatable bonds is 36. The minimum Gasteiger partial charge on any atom is -0.493 e. The lowest BCUT2D eigenvalue weighted by molar-refractivity contribution is -0.0339. The van der Waals surface area contributed by atoms with Gasteiger partial charge in [-0.15, -0.1) is 0 Å². The highest BCUT2D eigenvalue weighted by atomic mass is 16.5. The molecule has 6 aliphatic rings. The molecular weight excluding hydrogens is 1380 g/mol. The summed E-state index contributed by atoms with van der Waals surface area (Å²) in [5, 5.41) is 21.0. The zero-order valence-electron chi connectivity index (χ0n) is 69.2. The quantitative estimate of drug-likeness (QED) is 0.0359. The van der Waals surface area contributed by atoms with E-state index < -0.39 is 11.2 Å². The van der Waals surface area contributed by atoms with Gasteiger partial charge < -0.3 is 67.1 Å². The van der Waals surface area contributed by atoms with Crippen LogP contribution in [0.4, 0.5) is 0 Å². The Labute approximate surface area is 665 Å². The van der Waals surface area contributed by atoms with E-state index in [-0.39, 0.29) is 12.2 Å². The van der Waals surface area contributed by atoms with Crippen LogP contribution in [-0.4, -0.2) is 99.7 Å². The van der Waals surface area contributed by atoms with Crippen LogP contribution in [-0.2, 0) is 0 Å². The van der Waals surface area contributed by atoms with Gasteiger partial charge in [0.05, 0.1) is 76.3 Å². The molecule has 6 saturated carbocycles. The predicted molar refractivity (Wildman–Crippen MR) is 449 cm³/mol. The van der Waals surface area contributed by atoms with Gasteiger partial charge in [-0.2, -0.15) is 0 Å². The maximum atomic E-state index is 10.6. The fourth-order valence-electron chi connectivity index (χ4n) is 13.9. The van der Waals surface area contributed by atoms with Crippen molar-refractivity contribution in [3.8, 4) is 69.0 Å². The van der Waals surface area contributed by atoms with Crippen molar-refractivity contribution < 1.29 is 67.1 Å². The third-order valence-corrected chi connectivity index (χ3v) is 21.2. The van der Waals surface area contributed by atoms with Crippen LogP contribution < -0.4 is 56.8 Å². The molecule has 6 aromatic rings. The molecule has 0 heterocycles. The Kier molecular flexibility index (Phi) is 44.0. The predicted octanol–water partition coefficient (Wildman–Crippen LogP) is 24.8. The minimum atomic E-state index is -0.656.